The van der Waals surface area contributed by atoms with Crippen molar-refractivity contribution in [3.8, 4) is 0 Å². The van der Waals surface area contributed by atoms with E-state index in [4.69, 9.17) is 0 Å². The second-order valence-electron chi connectivity index (χ2n) is 5.50. The Hall–Kier alpha value is -0.920. The highest BCUT2D eigenvalue weighted by atomic mass is 32.2. The molecule has 112 valence electrons. The van der Waals surface area contributed by atoms with Crippen LogP contribution in [-0.2, 0) is 19.7 Å². The summed E-state index contributed by atoms with van der Waals surface area (Å²) in [5.74, 6) is -0.401. The number of sulfone groups is 2. The molecule has 20 heavy (non-hydrogen) atoms. The molecular weight excluding hydrogens is 298 g/mol. The molecule has 0 aliphatic carbocycles. The van der Waals surface area contributed by atoms with Crippen LogP contribution < -0.4 is 0 Å². The molecule has 0 saturated carbocycles. The summed E-state index contributed by atoms with van der Waals surface area (Å²) in [6.45, 7) is 1.87. The van der Waals surface area contributed by atoms with Crippen LogP contribution in [-0.4, -0.2) is 58.6 Å². The summed E-state index contributed by atoms with van der Waals surface area (Å²) >= 11 is 0. The quantitative estimate of drug-likeness (QED) is 0.811. The third kappa shape index (κ3) is 2.89. The van der Waals surface area contributed by atoms with Crippen molar-refractivity contribution < 1.29 is 16.8 Å². The van der Waals surface area contributed by atoms with Gasteiger partial charge < -0.3 is 4.90 Å². The van der Waals surface area contributed by atoms with Crippen LogP contribution in [0.1, 0.15) is 5.56 Å². The standard InChI is InChI=1S/C13H19NO4S2/c1-10-4-6-11(7-5-10)20(17,18)13-9-19(15,16)8-12(13)14(2)3/h4-7,12-13H,8-9H2,1-3H3/t12-,13-/m0/s1. The first-order chi connectivity index (χ1) is 9.13. The normalized spacial score (nSPS) is 26.0. The van der Waals surface area contributed by atoms with Gasteiger partial charge in [0.25, 0.3) is 0 Å². The first-order valence-corrected chi connectivity index (χ1v) is 9.68. The fourth-order valence-corrected chi connectivity index (χ4v) is 7.47. The zero-order valence-electron chi connectivity index (χ0n) is 11.8. The summed E-state index contributed by atoms with van der Waals surface area (Å²) in [6.07, 6.45) is 0. The molecule has 7 heteroatoms. The van der Waals surface area contributed by atoms with Crippen LogP contribution in [0.4, 0.5) is 0 Å². The lowest BCUT2D eigenvalue weighted by Crippen LogP contribution is -2.42. The average Bonchev–Trinajstić information content (AvgIpc) is 2.67. The summed E-state index contributed by atoms with van der Waals surface area (Å²) in [7, 11) is -3.53. The van der Waals surface area contributed by atoms with Gasteiger partial charge in [-0.15, -0.1) is 0 Å². The number of rotatable bonds is 3. The monoisotopic (exact) mass is 317 g/mol. The maximum absolute atomic E-state index is 12.7. The van der Waals surface area contributed by atoms with Crippen molar-refractivity contribution in [1.29, 1.82) is 0 Å². The van der Waals surface area contributed by atoms with Gasteiger partial charge in [-0.1, -0.05) is 17.7 Å². The van der Waals surface area contributed by atoms with Gasteiger partial charge in [0.1, 0.15) is 0 Å². The van der Waals surface area contributed by atoms with Gasteiger partial charge in [0.05, 0.1) is 21.7 Å². The zero-order valence-corrected chi connectivity index (χ0v) is 13.4. The minimum absolute atomic E-state index is 0.101. The third-order valence-electron chi connectivity index (χ3n) is 3.68. The van der Waals surface area contributed by atoms with Crippen LogP contribution in [0.2, 0.25) is 0 Å². The highest BCUT2D eigenvalue weighted by Gasteiger charge is 2.46. The number of hydrogen-bond acceptors (Lipinski definition) is 5. The first-order valence-electron chi connectivity index (χ1n) is 6.31. The largest absolute Gasteiger partial charge is 0.304 e. The summed E-state index contributed by atoms with van der Waals surface area (Å²) in [4.78, 5) is 1.87. The van der Waals surface area contributed by atoms with Crippen LogP contribution >= 0.6 is 0 Å². The van der Waals surface area contributed by atoms with Crippen LogP contribution in [0.3, 0.4) is 0 Å². The molecule has 0 radical (unpaired) electrons. The molecule has 0 amide bonds. The second-order valence-corrected chi connectivity index (χ2v) is 9.83. The molecule has 0 bridgehead atoms. The average molecular weight is 317 g/mol. The lowest BCUT2D eigenvalue weighted by atomic mass is 10.2. The molecule has 2 rings (SSSR count). The molecule has 1 saturated heterocycles. The van der Waals surface area contributed by atoms with E-state index in [1.54, 1.807) is 43.3 Å². The van der Waals surface area contributed by atoms with E-state index in [9.17, 15) is 16.8 Å². The van der Waals surface area contributed by atoms with E-state index in [1.807, 2.05) is 6.92 Å². The molecule has 1 heterocycles. The molecule has 1 fully saturated rings. The molecular formula is C13H19NO4S2. The first kappa shape index (κ1) is 15.5. The van der Waals surface area contributed by atoms with Crippen molar-refractivity contribution in [2.45, 2.75) is 23.1 Å². The Bertz CT molecular complexity index is 690. The summed E-state index contributed by atoms with van der Waals surface area (Å²) < 4.78 is 48.9. The second kappa shape index (κ2) is 5.13. The Morgan fingerprint density at radius 1 is 1.10 bits per heavy atom. The van der Waals surface area contributed by atoms with E-state index in [-0.39, 0.29) is 16.4 Å². The Balaban J connectivity index is 2.45. The lowest BCUT2D eigenvalue weighted by molar-refractivity contribution is 0.319. The highest BCUT2D eigenvalue weighted by molar-refractivity contribution is 7.96. The zero-order chi connectivity index (χ0) is 15.1. The Morgan fingerprint density at radius 2 is 1.65 bits per heavy atom. The molecule has 0 spiro atoms. The van der Waals surface area contributed by atoms with Crippen molar-refractivity contribution in [2.75, 3.05) is 25.6 Å². The molecule has 5 nitrogen and oxygen atoms in total. The van der Waals surface area contributed by atoms with E-state index in [2.05, 4.69) is 0 Å². The number of nitrogens with zero attached hydrogens (tertiary/aromatic N) is 1. The van der Waals surface area contributed by atoms with Crippen molar-refractivity contribution in [3.63, 3.8) is 0 Å². The Morgan fingerprint density at radius 3 is 2.15 bits per heavy atom. The van der Waals surface area contributed by atoms with Gasteiger partial charge in [-0.25, -0.2) is 16.8 Å². The number of benzene rings is 1. The van der Waals surface area contributed by atoms with Gasteiger partial charge in [0, 0.05) is 6.04 Å². The van der Waals surface area contributed by atoms with E-state index < -0.39 is 31.0 Å². The minimum Gasteiger partial charge on any atom is -0.304 e. The smallest absolute Gasteiger partial charge is 0.183 e. The predicted molar refractivity (Wildman–Crippen MR) is 78.3 cm³/mol. The van der Waals surface area contributed by atoms with Gasteiger partial charge >= 0.3 is 0 Å². The lowest BCUT2D eigenvalue weighted by Gasteiger charge is -2.24. The fourth-order valence-electron chi connectivity index (χ4n) is 2.48. The van der Waals surface area contributed by atoms with Gasteiger partial charge in [0.15, 0.2) is 19.7 Å². The van der Waals surface area contributed by atoms with Gasteiger partial charge in [0.2, 0.25) is 0 Å². The number of aryl methyl sites for hydroxylation is 1. The molecule has 1 aliphatic rings. The van der Waals surface area contributed by atoms with Crippen molar-refractivity contribution in [3.05, 3.63) is 29.8 Å². The van der Waals surface area contributed by atoms with Crippen molar-refractivity contribution >= 4 is 19.7 Å². The predicted octanol–water partition coefficient (Wildman–Crippen LogP) is 0.496. The van der Waals surface area contributed by atoms with E-state index in [0.29, 0.717) is 0 Å². The fraction of sp³-hybridized carbons (Fsp3) is 0.538. The van der Waals surface area contributed by atoms with E-state index in [1.165, 1.54) is 0 Å². The van der Waals surface area contributed by atoms with E-state index >= 15 is 0 Å². The Labute approximate surface area is 120 Å². The van der Waals surface area contributed by atoms with Crippen molar-refractivity contribution in [1.82, 2.24) is 4.90 Å². The molecule has 2 atom stereocenters. The van der Waals surface area contributed by atoms with E-state index in [0.717, 1.165) is 5.56 Å². The van der Waals surface area contributed by atoms with Crippen LogP contribution in [0.25, 0.3) is 0 Å². The molecule has 1 aromatic carbocycles. The summed E-state index contributed by atoms with van der Waals surface area (Å²) in [6, 6.07) is 6.04. The molecule has 0 aromatic heterocycles. The molecule has 0 unspecified atom stereocenters. The van der Waals surface area contributed by atoms with Gasteiger partial charge in [-0.05, 0) is 33.2 Å². The van der Waals surface area contributed by atoms with Gasteiger partial charge in [-0.2, -0.15) is 0 Å². The molecule has 1 aliphatic heterocycles. The summed E-state index contributed by atoms with van der Waals surface area (Å²) in [5.41, 5.74) is 0.965. The summed E-state index contributed by atoms with van der Waals surface area (Å²) in [5, 5.41) is -0.898. The number of hydrogen-bond donors (Lipinski definition) is 0. The topological polar surface area (TPSA) is 71.5 Å². The van der Waals surface area contributed by atoms with Gasteiger partial charge in [-0.3, -0.25) is 0 Å². The van der Waals surface area contributed by atoms with Crippen LogP contribution in [0, 0.1) is 6.92 Å². The Kier molecular flexibility index (Phi) is 3.96. The third-order valence-corrected chi connectivity index (χ3v) is 7.82. The maximum Gasteiger partial charge on any atom is 0.183 e. The molecule has 0 N–H and O–H groups in total. The maximum atomic E-state index is 12.7. The minimum atomic E-state index is -3.64. The molecule has 1 aromatic rings. The highest BCUT2D eigenvalue weighted by Crippen LogP contribution is 2.28. The van der Waals surface area contributed by atoms with Crippen LogP contribution in [0.5, 0.6) is 0 Å². The van der Waals surface area contributed by atoms with Crippen molar-refractivity contribution in [2.24, 2.45) is 0 Å². The SMILES string of the molecule is Cc1ccc(S(=O)(=O)[C@H]2CS(=O)(=O)C[C@@H]2N(C)C)cc1. The van der Waals surface area contributed by atoms with Crippen LogP contribution in [0.15, 0.2) is 29.2 Å².